The highest BCUT2D eigenvalue weighted by Crippen LogP contribution is 2.25. The van der Waals surface area contributed by atoms with Crippen molar-refractivity contribution in [2.45, 2.75) is 32.4 Å². The average molecular weight is 298 g/mol. The van der Waals surface area contributed by atoms with Crippen molar-refractivity contribution in [2.24, 2.45) is 0 Å². The summed E-state index contributed by atoms with van der Waals surface area (Å²) >= 11 is 6.18. The van der Waals surface area contributed by atoms with Crippen LogP contribution in [0.4, 0.5) is 5.82 Å². The molecule has 0 amide bonds. The summed E-state index contributed by atoms with van der Waals surface area (Å²) in [6.07, 6.45) is 1.68. The van der Waals surface area contributed by atoms with Gasteiger partial charge in [0.15, 0.2) is 0 Å². The molecule has 0 aromatic carbocycles. The fourth-order valence-corrected chi connectivity index (χ4v) is 2.36. The van der Waals surface area contributed by atoms with Gasteiger partial charge in [0.1, 0.15) is 17.5 Å². The molecule has 1 atom stereocenters. The van der Waals surface area contributed by atoms with E-state index in [0.717, 1.165) is 6.54 Å². The maximum Gasteiger partial charge on any atom is 0.330 e. The van der Waals surface area contributed by atoms with Crippen LogP contribution in [0, 0.1) is 0 Å². The van der Waals surface area contributed by atoms with E-state index in [0.29, 0.717) is 23.9 Å². The van der Waals surface area contributed by atoms with Crippen molar-refractivity contribution in [3.63, 3.8) is 0 Å². The number of halogens is 1. The zero-order chi connectivity index (χ0) is 14.8. The van der Waals surface area contributed by atoms with Gasteiger partial charge in [-0.25, -0.2) is 9.78 Å². The van der Waals surface area contributed by atoms with Crippen LogP contribution in [0.5, 0.6) is 0 Å². The zero-order valence-corrected chi connectivity index (χ0v) is 12.8. The van der Waals surface area contributed by atoms with E-state index in [9.17, 15) is 4.79 Å². The fraction of sp³-hybridized carbons (Fsp3) is 0.571. The lowest BCUT2D eigenvalue weighted by Gasteiger charge is -2.37. The number of hydrogen-bond donors (Lipinski definition) is 1. The molecule has 20 heavy (non-hydrogen) atoms. The van der Waals surface area contributed by atoms with Crippen molar-refractivity contribution >= 4 is 23.4 Å². The molecular weight excluding hydrogens is 278 g/mol. The van der Waals surface area contributed by atoms with Crippen molar-refractivity contribution in [3.8, 4) is 0 Å². The molecule has 1 aliphatic rings. The van der Waals surface area contributed by atoms with E-state index in [1.54, 1.807) is 18.3 Å². The Morgan fingerprint density at radius 3 is 2.95 bits per heavy atom. The summed E-state index contributed by atoms with van der Waals surface area (Å²) in [4.78, 5) is 18.5. The molecule has 2 heterocycles. The Kier molecular flexibility index (Phi) is 4.50. The van der Waals surface area contributed by atoms with Crippen LogP contribution in [-0.4, -0.2) is 42.2 Å². The fourth-order valence-electron chi connectivity index (χ4n) is 2.13. The van der Waals surface area contributed by atoms with Crippen molar-refractivity contribution in [1.82, 2.24) is 10.3 Å². The lowest BCUT2D eigenvalue weighted by Crippen LogP contribution is -2.56. The van der Waals surface area contributed by atoms with Gasteiger partial charge in [-0.3, -0.25) is 0 Å². The molecule has 1 aliphatic heterocycles. The molecule has 0 bridgehead atoms. The first-order valence-electron chi connectivity index (χ1n) is 6.69. The van der Waals surface area contributed by atoms with E-state index < -0.39 is 11.6 Å². The number of carbonyl (C=O) groups excluding carboxylic acids is 1. The third-order valence-electron chi connectivity index (χ3n) is 2.93. The van der Waals surface area contributed by atoms with Gasteiger partial charge in [0.2, 0.25) is 0 Å². The van der Waals surface area contributed by atoms with E-state index in [-0.39, 0.29) is 5.97 Å². The number of anilines is 1. The minimum Gasteiger partial charge on any atom is -0.458 e. The molecule has 1 aromatic rings. The Bertz CT molecular complexity index is 488. The molecule has 0 aliphatic carbocycles. The molecule has 2 rings (SSSR count). The van der Waals surface area contributed by atoms with Crippen LogP contribution in [0.1, 0.15) is 20.8 Å². The molecule has 6 heteroatoms. The monoisotopic (exact) mass is 297 g/mol. The summed E-state index contributed by atoms with van der Waals surface area (Å²) in [5.74, 6) is 0.373. The minimum absolute atomic E-state index is 0.258. The Labute approximate surface area is 124 Å². The molecule has 1 unspecified atom stereocenters. The van der Waals surface area contributed by atoms with Gasteiger partial charge in [0, 0.05) is 25.8 Å². The van der Waals surface area contributed by atoms with Crippen molar-refractivity contribution < 1.29 is 9.53 Å². The van der Waals surface area contributed by atoms with Crippen LogP contribution < -0.4 is 10.2 Å². The van der Waals surface area contributed by atoms with Gasteiger partial charge < -0.3 is 15.0 Å². The Balaban J connectivity index is 2.22. The third kappa shape index (κ3) is 3.61. The van der Waals surface area contributed by atoms with Gasteiger partial charge in [0.05, 0.1) is 5.02 Å². The number of nitrogens with one attached hydrogen (secondary N) is 1. The Morgan fingerprint density at radius 1 is 1.55 bits per heavy atom. The van der Waals surface area contributed by atoms with E-state index in [4.69, 9.17) is 16.3 Å². The summed E-state index contributed by atoms with van der Waals surface area (Å²) in [7, 11) is 0. The average Bonchev–Trinajstić information content (AvgIpc) is 2.37. The molecular formula is C14H20ClN3O2. The predicted molar refractivity (Wildman–Crippen MR) is 79.1 cm³/mol. The number of piperazine rings is 1. The molecule has 0 saturated carbocycles. The highest BCUT2D eigenvalue weighted by molar-refractivity contribution is 6.33. The first kappa shape index (κ1) is 15.1. The maximum atomic E-state index is 12.3. The molecule has 0 spiro atoms. The quantitative estimate of drug-likeness (QED) is 0.845. The van der Waals surface area contributed by atoms with Gasteiger partial charge >= 0.3 is 5.97 Å². The van der Waals surface area contributed by atoms with Gasteiger partial charge in [0.25, 0.3) is 0 Å². The number of hydrogen-bond acceptors (Lipinski definition) is 5. The molecule has 1 saturated heterocycles. The van der Waals surface area contributed by atoms with E-state index in [1.807, 2.05) is 25.7 Å². The summed E-state index contributed by atoms with van der Waals surface area (Å²) in [6.45, 7) is 7.56. The van der Waals surface area contributed by atoms with E-state index in [1.165, 1.54) is 0 Å². The van der Waals surface area contributed by atoms with Gasteiger partial charge in [-0.05, 0) is 32.9 Å². The SMILES string of the molecule is CC(C)(C)OC(=O)C1CNCCN1c1ncccc1Cl. The maximum absolute atomic E-state index is 12.3. The number of nitrogens with zero attached hydrogens (tertiary/aromatic N) is 2. The number of pyridine rings is 1. The summed E-state index contributed by atoms with van der Waals surface area (Å²) < 4.78 is 5.48. The van der Waals surface area contributed by atoms with Crippen molar-refractivity contribution in [2.75, 3.05) is 24.5 Å². The minimum atomic E-state index is -0.506. The topological polar surface area (TPSA) is 54.5 Å². The highest BCUT2D eigenvalue weighted by Gasteiger charge is 2.33. The second-order valence-electron chi connectivity index (χ2n) is 5.76. The smallest absolute Gasteiger partial charge is 0.330 e. The molecule has 0 radical (unpaired) electrons. The molecule has 1 aromatic heterocycles. The lowest BCUT2D eigenvalue weighted by molar-refractivity contribution is -0.156. The first-order valence-corrected chi connectivity index (χ1v) is 7.07. The molecule has 1 fully saturated rings. The predicted octanol–water partition coefficient (Wildman–Crippen LogP) is 1.85. The summed E-state index contributed by atoms with van der Waals surface area (Å²) in [5.41, 5.74) is -0.506. The Morgan fingerprint density at radius 2 is 2.30 bits per heavy atom. The zero-order valence-electron chi connectivity index (χ0n) is 12.0. The van der Waals surface area contributed by atoms with Crippen LogP contribution in [0.3, 0.4) is 0 Å². The Hall–Kier alpha value is -1.33. The summed E-state index contributed by atoms with van der Waals surface area (Å²) in [5, 5.41) is 3.75. The molecule has 5 nitrogen and oxygen atoms in total. The molecule has 110 valence electrons. The molecule has 1 N–H and O–H groups in total. The second kappa shape index (κ2) is 5.97. The highest BCUT2D eigenvalue weighted by atomic mass is 35.5. The standard InChI is InChI=1S/C14H20ClN3O2/c1-14(2,3)20-13(19)11-9-16-7-8-18(11)12-10(15)5-4-6-17-12/h4-6,11,16H,7-9H2,1-3H3. The first-order chi connectivity index (χ1) is 9.38. The van der Waals surface area contributed by atoms with Crippen molar-refractivity contribution in [3.05, 3.63) is 23.4 Å². The third-order valence-corrected chi connectivity index (χ3v) is 3.23. The number of rotatable bonds is 2. The lowest BCUT2D eigenvalue weighted by atomic mass is 10.1. The second-order valence-corrected chi connectivity index (χ2v) is 6.16. The van der Waals surface area contributed by atoms with E-state index >= 15 is 0 Å². The number of aromatic nitrogens is 1. The number of ether oxygens (including phenoxy) is 1. The van der Waals surface area contributed by atoms with Gasteiger partial charge in [-0.15, -0.1) is 0 Å². The van der Waals surface area contributed by atoms with Crippen LogP contribution in [0.25, 0.3) is 0 Å². The van der Waals surface area contributed by atoms with E-state index in [2.05, 4.69) is 10.3 Å². The number of carbonyl (C=O) groups is 1. The van der Waals surface area contributed by atoms with Crippen LogP contribution in [0.2, 0.25) is 5.02 Å². The van der Waals surface area contributed by atoms with Crippen molar-refractivity contribution in [1.29, 1.82) is 0 Å². The number of esters is 1. The summed E-state index contributed by atoms with van der Waals surface area (Å²) in [6, 6.07) is 3.14. The van der Waals surface area contributed by atoms with Crippen LogP contribution >= 0.6 is 11.6 Å². The largest absolute Gasteiger partial charge is 0.458 e. The normalized spacial score (nSPS) is 19.8. The van der Waals surface area contributed by atoms with Gasteiger partial charge in [-0.1, -0.05) is 11.6 Å². The van der Waals surface area contributed by atoms with Gasteiger partial charge in [-0.2, -0.15) is 0 Å². The van der Waals surface area contributed by atoms with Crippen LogP contribution in [0.15, 0.2) is 18.3 Å². The van der Waals surface area contributed by atoms with Crippen LogP contribution in [-0.2, 0) is 9.53 Å².